The Balaban J connectivity index is 1.38. The molecule has 1 fully saturated rings. The van der Waals surface area contributed by atoms with Crippen molar-refractivity contribution in [2.75, 3.05) is 26.3 Å². The van der Waals surface area contributed by atoms with Crippen LogP contribution in [-0.2, 0) is 14.8 Å². The molecule has 0 aromatic heterocycles. The topological polar surface area (TPSA) is 84.9 Å². The molecular formula is C24H30N2O5S. The molecule has 172 valence electrons. The normalized spacial score (nSPS) is 18.2. The summed E-state index contributed by atoms with van der Waals surface area (Å²) in [7, 11) is -3.65. The molecule has 8 heteroatoms. The number of rotatable bonds is 7. The zero-order chi connectivity index (χ0) is 22.6. The van der Waals surface area contributed by atoms with Crippen LogP contribution in [0.2, 0.25) is 0 Å². The standard InChI is InChI=1S/C24H30N2O5S/c1-2-6-21(18-7-4-3-5-8-18)25-24(27)19-11-13-26(14-12-19)32(28,29)20-9-10-22-23(17-20)31-16-15-30-22/h3-5,7-10,17,19,21H,2,6,11-16H2,1H3,(H,25,27). The first-order valence-electron chi connectivity index (χ1n) is 11.2. The highest BCUT2D eigenvalue weighted by molar-refractivity contribution is 7.89. The molecule has 4 rings (SSSR count). The van der Waals surface area contributed by atoms with Crippen molar-refractivity contribution >= 4 is 15.9 Å². The van der Waals surface area contributed by atoms with Crippen LogP contribution in [0.1, 0.15) is 44.2 Å². The number of sulfonamides is 1. The first-order chi connectivity index (χ1) is 15.5. The number of piperidine rings is 1. The molecule has 7 nitrogen and oxygen atoms in total. The highest BCUT2D eigenvalue weighted by atomic mass is 32.2. The van der Waals surface area contributed by atoms with E-state index in [1.165, 1.54) is 10.4 Å². The molecule has 1 unspecified atom stereocenters. The van der Waals surface area contributed by atoms with Gasteiger partial charge in [0.25, 0.3) is 0 Å². The Hall–Kier alpha value is -2.58. The average Bonchev–Trinajstić information content (AvgIpc) is 2.84. The largest absolute Gasteiger partial charge is 0.486 e. The first kappa shape index (κ1) is 22.6. The van der Waals surface area contributed by atoms with Gasteiger partial charge in [-0.15, -0.1) is 0 Å². The molecule has 1 amide bonds. The fourth-order valence-electron chi connectivity index (χ4n) is 4.28. The van der Waals surface area contributed by atoms with Gasteiger partial charge in [-0.2, -0.15) is 4.31 Å². The minimum Gasteiger partial charge on any atom is -0.486 e. The third-order valence-electron chi connectivity index (χ3n) is 6.07. The Kier molecular flexibility index (Phi) is 7.01. The number of benzene rings is 2. The number of hydrogen-bond acceptors (Lipinski definition) is 5. The molecule has 1 saturated heterocycles. The number of nitrogens with one attached hydrogen (secondary N) is 1. The van der Waals surface area contributed by atoms with Crippen molar-refractivity contribution in [1.29, 1.82) is 0 Å². The van der Waals surface area contributed by atoms with Crippen LogP contribution in [0.15, 0.2) is 53.4 Å². The van der Waals surface area contributed by atoms with Crippen LogP contribution in [0.3, 0.4) is 0 Å². The van der Waals surface area contributed by atoms with E-state index in [4.69, 9.17) is 9.47 Å². The van der Waals surface area contributed by atoms with Crippen molar-refractivity contribution in [3.63, 3.8) is 0 Å². The average molecular weight is 459 g/mol. The summed E-state index contributed by atoms with van der Waals surface area (Å²) in [5.41, 5.74) is 1.10. The monoisotopic (exact) mass is 458 g/mol. The first-order valence-corrected chi connectivity index (χ1v) is 12.7. The number of fused-ring (bicyclic) bond motifs is 1. The lowest BCUT2D eigenvalue weighted by molar-refractivity contribution is -0.127. The second-order valence-corrected chi connectivity index (χ2v) is 10.2. The number of nitrogens with zero attached hydrogens (tertiary/aromatic N) is 1. The van der Waals surface area contributed by atoms with Crippen LogP contribution >= 0.6 is 0 Å². The predicted molar refractivity (Wildman–Crippen MR) is 121 cm³/mol. The van der Waals surface area contributed by atoms with E-state index in [1.807, 2.05) is 30.3 Å². The summed E-state index contributed by atoms with van der Waals surface area (Å²) in [6, 6.07) is 14.7. The molecule has 2 aliphatic rings. The van der Waals surface area contributed by atoms with Crippen molar-refractivity contribution in [2.45, 2.75) is 43.5 Å². The lowest BCUT2D eigenvalue weighted by Crippen LogP contribution is -2.43. The molecular weight excluding hydrogens is 428 g/mol. The Morgan fingerprint density at radius 2 is 1.75 bits per heavy atom. The smallest absolute Gasteiger partial charge is 0.243 e. The number of hydrogen-bond donors (Lipinski definition) is 1. The molecule has 0 saturated carbocycles. The van der Waals surface area contributed by atoms with Crippen LogP contribution < -0.4 is 14.8 Å². The summed E-state index contributed by atoms with van der Waals surface area (Å²) in [6.45, 7) is 3.59. The van der Waals surface area contributed by atoms with Gasteiger partial charge in [0.2, 0.25) is 15.9 Å². The molecule has 2 aliphatic heterocycles. The molecule has 0 bridgehead atoms. The molecule has 32 heavy (non-hydrogen) atoms. The molecule has 2 aromatic carbocycles. The second-order valence-electron chi connectivity index (χ2n) is 8.24. The van der Waals surface area contributed by atoms with E-state index >= 15 is 0 Å². The van der Waals surface area contributed by atoms with Gasteiger partial charge in [-0.25, -0.2) is 8.42 Å². The highest BCUT2D eigenvalue weighted by Crippen LogP contribution is 2.34. The fraction of sp³-hybridized carbons (Fsp3) is 0.458. The summed E-state index contributed by atoms with van der Waals surface area (Å²) in [5, 5.41) is 3.19. The van der Waals surface area contributed by atoms with Gasteiger partial charge in [-0.3, -0.25) is 4.79 Å². The zero-order valence-electron chi connectivity index (χ0n) is 18.3. The second kappa shape index (κ2) is 9.92. The van der Waals surface area contributed by atoms with Gasteiger partial charge >= 0.3 is 0 Å². The molecule has 2 aromatic rings. The summed E-state index contributed by atoms with van der Waals surface area (Å²) in [4.78, 5) is 13.1. The Morgan fingerprint density at radius 1 is 1.06 bits per heavy atom. The van der Waals surface area contributed by atoms with E-state index in [2.05, 4.69) is 12.2 Å². The third kappa shape index (κ3) is 4.91. The van der Waals surface area contributed by atoms with Gasteiger partial charge in [-0.1, -0.05) is 43.7 Å². The van der Waals surface area contributed by atoms with Crippen LogP contribution in [0.5, 0.6) is 11.5 Å². The summed E-state index contributed by atoms with van der Waals surface area (Å²) in [6.07, 6.45) is 2.84. The quantitative estimate of drug-likeness (QED) is 0.686. The number of amides is 1. The molecule has 0 aliphatic carbocycles. The van der Waals surface area contributed by atoms with Crippen molar-refractivity contribution in [1.82, 2.24) is 9.62 Å². The highest BCUT2D eigenvalue weighted by Gasteiger charge is 2.33. The van der Waals surface area contributed by atoms with Crippen LogP contribution in [-0.4, -0.2) is 44.9 Å². The third-order valence-corrected chi connectivity index (χ3v) is 7.97. The van der Waals surface area contributed by atoms with Crippen molar-refractivity contribution in [3.05, 3.63) is 54.1 Å². The summed E-state index contributed by atoms with van der Waals surface area (Å²) >= 11 is 0. The molecule has 0 radical (unpaired) electrons. The SMILES string of the molecule is CCCC(NC(=O)C1CCN(S(=O)(=O)c2ccc3c(c2)OCCO3)CC1)c1ccccc1. The van der Waals surface area contributed by atoms with E-state index in [-0.39, 0.29) is 22.8 Å². The summed E-state index contributed by atoms with van der Waals surface area (Å²) in [5.74, 6) is 0.827. The van der Waals surface area contributed by atoms with Gasteiger partial charge < -0.3 is 14.8 Å². The van der Waals surface area contributed by atoms with E-state index in [9.17, 15) is 13.2 Å². The predicted octanol–water partition coefficient (Wildman–Crippen LogP) is 3.52. The van der Waals surface area contributed by atoms with E-state index in [0.29, 0.717) is 50.6 Å². The number of ether oxygens (including phenoxy) is 2. The lowest BCUT2D eigenvalue weighted by atomic mass is 9.95. The van der Waals surface area contributed by atoms with E-state index in [1.54, 1.807) is 12.1 Å². The maximum Gasteiger partial charge on any atom is 0.243 e. The molecule has 0 spiro atoms. The number of carbonyl (C=O) groups excluding carboxylic acids is 1. The molecule has 1 atom stereocenters. The molecule has 2 heterocycles. The Morgan fingerprint density at radius 3 is 2.44 bits per heavy atom. The Labute approximate surface area is 189 Å². The molecule has 1 N–H and O–H groups in total. The van der Waals surface area contributed by atoms with Gasteiger partial charge in [0.1, 0.15) is 13.2 Å². The van der Waals surface area contributed by atoms with E-state index < -0.39 is 10.0 Å². The Bertz CT molecular complexity index is 1030. The van der Waals surface area contributed by atoms with E-state index in [0.717, 1.165) is 18.4 Å². The minimum atomic E-state index is -3.65. The maximum atomic E-state index is 13.1. The van der Waals surface area contributed by atoms with Gasteiger partial charge in [0, 0.05) is 25.1 Å². The van der Waals surface area contributed by atoms with Gasteiger partial charge in [-0.05, 0) is 37.0 Å². The summed E-state index contributed by atoms with van der Waals surface area (Å²) < 4.78 is 38.7. The minimum absolute atomic E-state index is 0.00341. The van der Waals surface area contributed by atoms with Crippen molar-refractivity contribution < 1.29 is 22.7 Å². The van der Waals surface area contributed by atoms with Crippen molar-refractivity contribution in [2.24, 2.45) is 5.92 Å². The fourth-order valence-corrected chi connectivity index (χ4v) is 5.76. The van der Waals surface area contributed by atoms with Gasteiger partial charge in [0.15, 0.2) is 11.5 Å². The number of carbonyl (C=O) groups is 1. The maximum absolute atomic E-state index is 13.1. The van der Waals surface area contributed by atoms with Crippen molar-refractivity contribution in [3.8, 4) is 11.5 Å². The van der Waals surface area contributed by atoms with Crippen LogP contribution in [0.25, 0.3) is 0 Å². The zero-order valence-corrected chi connectivity index (χ0v) is 19.1. The van der Waals surface area contributed by atoms with Gasteiger partial charge in [0.05, 0.1) is 10.9 Å². The van der Waals surface area contributed by atoms with Crippen LogP contribution in [0, 0.1) is 5.92 Å². The van der Waals surface area contributed by atoms with Crippen LogP contribution in [0.4, 0.5) is 0 Å². The lowest BCUT2D eigenvalue weighted by Gasteiger charge is -2.32.